The molecule has 0 aliphatic heterocycles. The molecule has 0 unspecified atom stereocenters. The predicted molar refractivity (Wildman–Crippen MR) is 107 cm³/mol. The van der Waals surface area contributed by atoms with E-state index in [1.165, 1.54) is 17.9 Å². The van der Waals surface area contributed by atoms with Gasteiger partial charge in [-0.3, -0.25) is 9.48 Å². The summed E-state index contributed by atoms with van der Waals surface area (Å²) in [6.45, 7) is 2.44. The van der Waals surface area contributed by atoms with Gasteiger partial charge in [-0.15, -0.1) is 0 Å². The van der Waals surface area contributed by atoms with Crippen molar-refractivity contribution in [3.8, 4) is 5.75 Å². The molecule has 152 valence electrons. The van der Waals surface area contributed by atoms with Gasteiger partial charge in [-0.25, -0.2) is 4.79 Å². The fourth-order valence-corrected chi connectivity index (χ4v) is 2.89. The Labute approximate surface area is 176 Å². The zero-order valence-corrected chi connectivity index (χ0v) is 17.1. The maximum atomic E-state index is 12.5. The Kier molecular flexibility index (Phi) is 6.46. The smallest absolute Gasteiger partial charge is 0.360 e. The number of nitrogens with zero attached hydrogens (tertiary/aromatic N) is 2. The van der Waals surface area contributed by atoms with Crippen LogP contribution in [0.1, 0.15) is 33.7 Å². The van der Waals surface area contributed by atoms with E-state index in [0.717, 1.165) is 0 Å². The number of hydrogen-bond donors (Lipinski definition) is 1. The van der Waals surface area contributed by atoms with Crippen molar-refractivity contribution >= 4 is 40.8 Å². The van der Waals surface area contributed by atoms with Crippen LogP contribution in [0.25, 0.3) is 0 Å². The molecule has 0 saturated carbocycles. The van der Waals surface area contributed by atoms with E-state index in [4.69, 9.17) is 37.1 Å². The number of aryl methyl sites for hydroxylation is 1. The lowest BCUT2D eigenvalue weighted by Gasteiger charge is -2.06. The second-order valence-electron chi connectivity index (χ2n) is 5.82. The Balaban J connectivity index is 1.68. The van der Waals surface area contributed by atoms with Crippen LogP contribution in [0.3, 0.4) is 0 Å². The first-order chi connectivity index (χ1) is 13.9. The summed E-state index contributed by atoms with van der Waals surface area (Å²) in [5.41, 5.74) is 0.237. The lowest BCUT2D eigenvalue weighted by Crippen LogP contribution is -2.14. The highest BCUT2D eigenvalue weighted by atomic mass is 35.5. The summed E-state index contributed by atoms with van der Waals surface area (Å²) < 4.78 is 17.3. The van der Waals surface area contributed by atoms with Crippen LogP contribution < -0.4 is 10.1 Å². The highest BCUT2D eigenvalue weighted by Crippen LogP contribution is 2.28. The molecule has 8 nitrogen and oxygen atoms in total. The van der Waals surface area contributed by atoms with Crippen LogP contribution in [0, 0.1) is 0 Å². The summed E-state index contributed by atoms with van der Waals surface area (Å²) in [5, 5.41) is 7.55. The number of halogens is 2. The van der Waals surface area contributed by atoms with Gasteiger partial charge in [0.2, 0.25) is 0 Å². The number of aromatic nitrogens is 2. The van der Waals surface area contributed by atoms with Crippen molar-refractivity contribution < 1.29 is 23.5 Å². The van der Waals surface area contributed by atoms with E-state index in [1.54, 1.807) is 30.5 Å². The van der Waals surface area contributed by atoms with Gasteiger partial charge >= 0.3 is 5.97 Å². The first-order valence-electron chi connectivity index (χ1n) is 8.55. The molecule has 0 aliphatic rings. The number of methoxy groups -OCH3 is 1. The molecule has 3 aromatic rings. The lowest BCUT2D eigenvalue weighted by molar-refractivity contribution is 0.0594. The average molecular weight is 438 g/mol. The first-order valence-corrected chi connectivity index (χ1v) is 9.30. The van der Waals surface area contributed by atoms with Crippen molar-refractivity contribution in [3.63, 3.8) is 0 Å². The van der Waals surface area contributed by atoms with Crippen molar-refractivity contribution in [1.29, 1.82) is 0 Å². The predicted octanol–water partition coefficient (Wildman–Crippen LogP) is 4.42. The fourth-order valence-electron chi connectivity index (χ4n) is 2.42. The molecule has 0 saturated heterocycles. The van der Waals surface area contributed by atoms with Crippen LogP contribution in [0.2, 0.25) is 10.0 Å². The quantitative estimate of drug-likeness (QED) is 0.549. The van der Waals surface area contributed by atoms with E-state index < -0.39 is 11.9 Å². The molecular weight excluding hydrogens is 421 g/mol. The summed E-state index contributed by atoms with van der Waals surface area (Å²) in [6.07, 6.45) is 1.54. The second kappa shape index (κ2) is 9.02. The third kappa shape index (κ3) is 4.90. The largest absolute Gasteiger partial charge is 0.484 e. The number of anilines is 1. The number of rotatable bonds is 7. The van der Waals surface area contributed by atoms with Crippen LogP contribution in [-0.4, -0.2) is 28.8 Å². The Bertz CT molecular complexity index is 1040. The van der Waals surface area contributed by atoms with E-state index >= 15 is 0 Å². The van der Waals surface area contributed by atoms with Crippen molar-refractivity contribution in [2.24, 2.45) is 0 Å². The maximum Gasteiger partial charge on any atom is 0.360 e. The van der Waals surface area contributed by atoms with Gasteiger partial charge in [-0.05, 0) is 37.3 Å². The van der Waals surface area contributed by atoms with Gasteiger partial charge in [0, 0.05) is 17.8 Å². The standard InChI is InChI=1S/C19H17Cl2N3O5/c1-3-24-9-14(17(23-24)19(26)27-2)22-18(25)16-7-5-12(29-16)10-28-15-6-4-11(20)8-13(15)21/h4-9H,3,10H2,1-2H3,(H,22,25). The van der Waals surface area contributed by atoms with Gasteiger partial charge in [0.05, 0.1) is 17.8 Å². The van der Waals surface area contributed by atoms with Gasteiger partial charge in [0.15, 0.2) is 11.5 Å². The molecule has 0 fully saturated rings. The highest BCUT2D eigenvalue weighted by Gasteiger charge is 2.21. The van der Waals surface area contributed by atoms with Gasteiger partial charge in [-0.1, -0.05) is 23.2 Å². The SMILES string of the molecule is CCn1cc(NC(=O)c2ccc(COc3ccc(Cl)cc3Cl)o2)c(C(=O)OC)n1. The van der Waals surface area contributed by atoms with E-state index in [1.807, 2.05) is 6.92 Å². The molecule has 1 aromatic carbocycles. The van der Waals surface area contributed by atoms with Crippen LogP contribution in [0.15, 0.2) is 40.9 Å². The molecule has 0 spiro atoms. The Morgan fingerprint density at radius 2 is 2.03 bits per heavy atom. The number of hydrogen-bond acceptors (Lipinski definition) is 6. The molecule has 1 amide bonds. The van der Waals surface area contributed by atoms with Gasteiger partial charge in [-0.2, -0.15) is 5.10 Å². The average Bonchev–Trinajstić information content (AvgIpc) is 3.33. The number of nitrogens with one attached hydrogen (secondary N) is 1. The summed E-state index contributed by atoms with van der Waals surface area (Å²) in [6, 6.07) is 7.96. The second-order valence-corrected chi connectivity index (χ2v) is 6.67. The minimum absolute atomic E-state index is 0.00944. The van der Waals surface area contributed by atoms with Gasteiger partial charge in [0.1, 0.15) is 18.1 Å². The highest BCUT2D eigenvalue weighted by molar-refractivity contribution is 6.35. The zero-order chi connectivity index (χ0) is 21.0. The first kappa shape index (κ1) is 20.8. The normalized spacial score (nSPS) is 10.6. The van der Waals surface area contributed by atoms with Crippen molar-refractivity contribution in [2.75, 3.05) is 12.4 Å². The van der Waals surface area contributed by atoms with Crippen LogP contribution in [0.5, 0.6) is 5.75 Å². The Morgan fingerprint density at radius 1 is 1.24 bits per heavy atom. The van der Waals surface area contributed by atoms with E-state index in [2.05, 4.69) is 10.4 Å². The van der Waals surface area contributed by atoms with Crippen molar-refractivity contribution in [2.45, 2.75) is 20.1 Å². The molecule has 29 heavy (non-hydrogen) atoms. The number of ether oxygens (including phenoxy) is 2. The molecule has 3 rings (SSSR count). The van der Waals surface area contributed by atoms with Crippen LogP contribution in [0.4, 0.5) is 5.69 Å². The number of benzene rings is 1. The number of carbonyl (C=O) groups excluding carboxylic acids is 2. The molecule has 2 heterocycles. The molecule has 10 heteroatoms. The zero-order valence-electron chi connectivity index (χ0n) is 15.6. The molecule has 0 radical (unpaired) electrons. The molecule has 2 aromatic heterocycles. The van der Waals surface area contributed by atoms with E-state index in [9.17, 15) is 9.59 Å². The lowest BCUT2D eigenvalue weighted by atomic mass is 10.3. The third-order valence-corrected chi connectivity index (χ3v) is 4.39. The summed E-state index contributed by atoms with van der Waals surface area (Å²) in [5.74, 6) is -0.292. The minimum Gasteiger partial charge on any atom is -0.484 e. The number of amides is 1. The molecule has 0 bridgehead atoms. The number of esters is 1. The van der Waals surface area contributed by atoms with Crippen molar-refractivity contribution in [1.82, 2.24) is 9.78 Å². The van der Waals surface area contributed by atoms with Crippen LogP contribution in [-0.2, 0) is 17.9 Å². The van der Waals surface area contributed by atoms with Gasteiger partial charge < -0.3 is 19.2 Å². The molecular formula is C19H17Cl2N3O5. The molecule has 0 aliphatic carbocycles. The molecule has 0 atom stereocenters. The van der Waals surface area contributed by atoms with E-state index in [-0.39, 0.29) is 23.7 Å². The maximum absolute atomic E-state index is 12.5. The summed E-state index contributed by atoms with van der Waals surface area (Å²) >= 11 is 11.9. The third-order valence-electron chi connectivity index (χ3n) is 3.86. The van der Waals surface area contributed by atoms with Crippen LogP contribution >= 0.6 is 23.2 Å². The number of furan rings is 1. The topological polar surface area (TPSA) is 95.6 Å². The summed E-state index contributed by atoms with van der Waals surface area (Å²) in [7, 11) is 1.24. The van der Waals surface area contributed by atoms with Gasteiger partial charge in [0.25, 0.3) is 5.91 Å². The fraction of sp³-hybridized carbons (Fsp3) is 0.211. The van der Waals surface area contributed by atoms with Crippen molar-refractivity contribution in [3.05, 3.63) is 63.8 Å². The minimum atomic E-state index is -0.652. The number of carbonyl (C=O) groups is 2. The van der Waals surface area contributed by atoms with E-state index in [0.29, 0.717) is 28.1 Å². The summed E-state index contributed by atoms with van der Waals surface area (Å²) in [4.78, 5) is 24.3. The molecule has 1 N–H and O–H groups in total. The Morgan fingerprint density at radius 3 is 2.72 bits per heavy atom. The Hall–Kier alpha value is -2.97. The monoisotopic (exact) mass is 437 g/mol.